The molecule has 15 heteroatoms. The van der Waals surface area contributed by atoms with Crippen molar-refractivity contribution in [2.75, 3.05) is 23.7 Å². The molecule has 5 heterocycles. The number of carbonyl (C=O) groups is 1. The van der Waals surface area contributed by atoms with Gasteiger partial charge in [0, 0.05) is 37.0 Å². The lowest BCUT2D eigenvalue weighted by Crippen LogP contribution is -2.40. The Morgan fingerprint density at radius 3 is 2.35 bits per heavy atom. The molecule has 3 N–H and O–H groups in total. The van der Waals surface area contributed by atoms with E-state index in [1.165, 1.54) is 18.3 Å². The van der Waals surface area contributed by atoms with Crippen LogP contribution in [-0.2, 0) is 12.7 Å². The molecule has 10 nitrogen and oxygen atoms in total. The molecule has 48 heavy (non-hydrogen) atoms. The van der Waals surface area contributed by atoms with Crippen molar-refractivity contribution in [3.63, 3.8) is 0 Å². The summed E-state index contributed by atoms with van der Waals surface area (Å²) in [7, 11) is 0. The number of aromatic nitrogens is 5. The second kappa shape index (κ2) is 13.0. The lowest BCUT2D eigenvalue weighted by molar-refractivity contribution is -0.144. The van der Waals surface area contributed by atoms with Crippen LogP contribution in [0.1, 0.15) is 53.7 Å². The molecule has 0 unspecified atom stereocenters. The monoisotopic (exact) mass is 696 g/mol. The average Bonchev–Trinajstić information content (AvgIpc) is 3.52. The number of hydrogen-bond donors (Lipinski definition) is 3. The van der Waals surface area contributed by atoms with E-state index in [0.29, 0.717) is 23.4 Å². The number of nitrogens with zero attached hydrogens (tertiary/aromatic N) is 6. The normalized spacial score (nSPS) is 17.3. The molecule has 1 amide bonds. The number of pyridine rings is 1. The van der Waals surface area contributed by atoms with Crippen LogP contribution in [0.25, 0.3) is 22.2 Å². The quantitative estimate of drug-likeness (QED) is 0.167. The molecule has 2 aliphatic heterocycles. The lowest BCUT2D eigenvalue weighted by Gasteiger charge is -2.38. The van der Waals surface area contributed by atoms with Crippen LogP contribution in [0.2, 0.25) is 10.0 Å². The topological polar surface area (TPSA) is 121 Å². The predicted octanol–water partition coefficient (Wildman–Crippen LogP) is 7.50. The first-order valence-corrected chi connectivity index (χ1v) is 16.2. The maximum absolute atomic E-state index is 13.6. The van der Waals surface area contributed by atoms with E-state index in [0.717, 1.165) is 44.5 Å². The van der Waals surface area contributed by atoms with Crippen molar-refractivity contribution in [2.45, 2.75) is 50.6 Å². The Morgan fingerprint density at radius 2 is 1.62 bits per heavy atom. The summed E-state index contributed by atoms with van der Waals surface area (Å²) in [5.74, 6) is -1.90. The first-order valence-electron chi connectivity index (χ1n) is 15.4. The number of aryl methyl sites for hydroxylation is 1. The number of aliphatic hydroxyl groups is 1. The fourth-order valence-corrected chi connectivity index (χ4v) is 6.86. The van der Waals surface area contributed by atoms with Crippen molar-refractivity contribution in [1.82, 2.24) is 29.6 Å². The predicted molar refractivity (Wildman–Crippen MR) is 176 cm³/mol. The van der Waals surface area contributed by atoms with Crippen LogP contribution >= 0.6 is 23.2 Å². The molecule has 1 atom stereocenters. The molecule has 248 valence electrons. The fraction of sp³-hybridized carbons (Fsp3) is 0.303. The lowest BCUT2D eigenvalue weighted by atomic mass is 9.98. The summed E-state index contributed by atoms with van der Waals surface area (Å²) < 4.78 is 42.7. The molecule has 7 rings (SSSR count). The van der Waals surface area contributed by atoms with Gasteiger partial charge in [0.2, 0.25) is 5.82 Å². The molecule has 5 aromatic rings. The van der Waals surface area contributed by atoms with Gasteiger partial charge in [0.15, 0.2) is 11.5 Å². The smallest absolute Gasteiger partial charge is 0.393 e. The number of carbonyl (C=O) groups excluding carboxylic acids is 1. The van der Waals surface area contributed by atoms with Gasteiger partial charge in [-0.15, -0.1) is 0 Å². The summed E-state index contributed by atoms with van der Waals surface area (Å²) in [6, 6.07) is 14.9. The van der Waals surface area contributed by atoms with Gasteiger partial charge in [-0.1, -0.05) is 47.5 Å². The van der Waals surface area contributed by atoms with Crippen LogP contribution < -0.4 is 10.6 Å². The Bertz CT molecular complexity index is 2010. The molecule has 0 aliphatic carbocycles. The summed E-state index contributed by atoms with van der Waals surface area (Å²) in [6.45, 7) is 2.30. The number of rotatable bonds is 6. The molecule has 2 aromatic carbocycles. The maximum Gasteiger partial charge on any atom is 0.451 e. The van der Waals surface area contributed by atoms with E-state index < -0.39 is 17.9 Å². The van der Waals surface area contributed by atoms with Gasteiger partial charge in [-0.3, -0.25) is 19.4 Å². The number of benzene rings is 2. The molecular formula is C33H29Cl2F3N8O2. The Kier molecular flexibility index (Phi) is 8.71. The third kappa shape index (κ3) is 6.30. The molecule has 0 saturated carbocycles. The van der Waals surface area contributed by atoms with Crippen LogP contribution in [0.3, 0.4) is 0 Å². The van der Waals surface area contributed by atoms with Gasteiger partial charge in [0.05, 0.1) is 44.8 Å². The molecular weight excluding hydrogens is 668 g/mol. The van der Waals surface area contributed by atoms with Gasteiger partial charge < -0.3 is 15.7 Å². The highest BCUT2D eigenvalue weighted by molar-refractivity contribution is 6.39. The van der Waals surface area contributed by atoms with E-state index in [1.807, 2.05) is 10.7 Å². The average molecular weight is 698 g/mol. The van der Waals surface area contributed by atoms with Crippen LogP contribution in [0.4, 0.5) is 30.4 Å². The van der Waals surface area contributed by atoms with Crippen LogP contribution in [0.15, 0.2) is 60.8 Å². The highest BCUT2D eigenvalue weighted by Crippen LogP contribution is 2.42. The van der Waals surface area contributed by atoms with E-state index in [-0.39, 0.29) is 50.4 Å². The number of amides is 1. The minimum absolute atomic E-state index is 0.0153. The summed E-state index contributed by atoms with van der Waals surface area (Å²) in [6.07, 6.45) is -0.270. The third-order valence-electron chi connectivity index (χ3n) is 8.67. The first kappa shape index (κ1) is 32.3. The Hall–Kier alpha value is -4.30. The SMILES string of the molecule is O=C(Nc1cccc(-c2cccc(Nc3nc(C(F)(F)F)nc4cccnc34)c2Cl)c1Cl)c1cc2n(n1)CCC[C@H]2N1CCC(O)CC1. The zero-order valence-corrected chi connectivity index (χ0v) is 26.8. The number of anilines is 3. The summed E-state index contributed by atoms with van der Waals surface area (Å²) >= 11 is 13.7. The van der Waals surface area contributed by atoms with Gasteiger partial charge in [0.25, 0.3) is 5.91 Å². The third-order valence-corrected chi connectivity index (χ3v) is 9.48. The van der Waals surface area contributed by atoms with Gasteiger partial charge in [-0.25, -0.2) is 9.97 Å². The Balaban J connectivity index is 1.15. The number of aliphatic hydroxyl groups excluding tert-OH is 1. The molecule has 1 saturated heterocycles. The highest BCUT2D eigenvalue weighted by Gasteiger charge is 2.36. The second-order valence-electron chi connectivity index (χ2n) is 11.8. The largest absolute Gasteiger partial charge is 0.451 e. The molecule has 0 radical (unpaired) electrons. The van der Waals surface area contributed by atoms with Gasteiger partial charge >= 0.3 is 6.18 Å². The summed E-state index contributed by atoms with van der Waals surface area (Å²) in [4.78, 5) is 27.3. The van der Waals surface area contributed by atoms with E-state index in [4.69, 9.17) is 23.2 Å². The Labute approximate surface area is 282 Å². The standard InChI is InChI=1S/C33H29Cl2F3N8O2/c34-27-19(5-1-7-21(27)40-30-29-23(9-3-13-39-29)42-32(43-30)33(36,37)38)20-6-2-8-22(28(20)35)41-31(48)24-17-26-25(10-4-14-46(26)44-24)45-15-11-18(47)12-16-45/h1-3,5-9,13,17-18,25,47H,4,10-12,14-16H2,(H,41,48)(H,40,42,43)/t25-/m1/s1. The fourth-order valence-electron chi connectivity index (χ4n) is 6.31. The van der Waals surface area contributed by atoms with E-state index in [2.05, 4.69) is 35.6 Å². The van der Waals surface area contributed by atoms with Crippen molar-refractivity contribution in [3.8, 4) is 11.1 Å². The van der Waals surface area contributed by atoms with Crippen molar-refractivity contribution in [1.29, 1.82) is 0 Å². The van der Waals surface area contributed by atoms with Crippen molar-refractivity contribution in [3.05, 3.63) is 88.1 Å². The van der Waals surface area contributed by atoms with Gasteiger partial charge in [-0.05, 0) is 56.0 Å². The maximum atomic E-state index is 13.6. The summed E-state index contributed by atoms with van der Waals surface area (Å²) in [5, 5.41) is 20.7. The number of halogens is 5. The molecule has 2 aliphatic rings. The van der Waals surface area contributed by atoms with E-state index in [1.54, 1.807) is 36.4 Å². The van der Waals surface area contributed by atoms with Gasteiger partial charge in [0.1, 0.15) is 5.52 Å². The first-order chi connectivity index (χ1) is 23.1. The van der Waals surface area contributed by atoms with Crippen LogP contribution in [0.5, 0.6) is 0 Å². The highest BCUT2D eigenvalue weighted by atomic mass is 35.5. The van der Waals surface area contributed by atoms with E-state index in [9.17, 15) is 23.1 Å². The van der Waals surface area contributed by atoms with Gasteiger partial charge in [-0.2, -0.15) is 18.3 Å². The minimum atomic E-state index is -4.78. The number of likely N-dealkylation sites (tertiary alicyclic amines) is 1. The summed E-state index contributed by atoms with van der Waals surface area (Å²) in [5.41, 5.74) is 2.95. The Morgan fingerprint density at radius 1 is 0.917 bits per heavy atom. The second-order valence-corrected chi connectivity index (χ2v) is 12.5. The number of alkyl halides is 3. The van der Waals surface area contributed by atoms with Crippen LogP contribution in [-0.4, -0.2) is 59.8 Å². The number of fused-ring (bicyclic) bond motifs is 2. The number of nitrogens with one attached hydrogen (secondary N) is 2. The number of hydrogen-bond acceptors (Lipinski definition) is 8. The molecule has 3 aromatic heterocycles. The van der Waals surface area contributed by atoms with Crippen molar-refractivity contribution in [2.24, 2.45) is 0 Å². The zero-order valence-electron chi connectivity index (χ0n) is 25.3. The van der Waals surface area contributed by atoms with Crippen molar-refractivity contribution >= 4 is 57.3 Å². The van der Waals surface area contributed by atoms with E-state index >= 15 is 0 Å². The molecule has 1 fully saturated rings. The minimum Gasteiger partial charge on any atom is -0.393 e. The zero-order chi connectivity index (χ0) is 33.6. The van der Waals surface area contributed by atoms with Crippen molar-refractivity contribution < 1.29 is 23.1 Å². The van der Waals surface area contributed by atoms with Crippen LogP contribution in [0, 0.1) is 0 Å². The molecule has 0 bridgehead atoms. The number of piperidine rings is 1. The molecule has 0 spiro atoms.